The molecule has 0 amide bonds. The van der Waals surface area contributed by atoms with E-state index in [2.05, 4.69) is 10.1 Å². The van der Waals surface area contributed by atoms with Gasteiger partial charge < -0.3 is 14.6 Å². The van der Waals surface area contributed by atoms with Gasteiger partial charge >= 0.3 is 0 Å². The van der Waals surface area contributed by atoms with Crippen LogP contribution in [0.3, 0.4) is 0 Å². The lowest BCUT2D eigenvalue weighted by Crippen LogP contribution is -2.14. The lowest BCUT2D eigenvalue weighted by molar-refractivity contribution is 0.270. The molecule has 0 aliphatic carbocycles. The molecule has 1 aromatic carbocycles. The summed E-state index contributed by atoms with van der Waals surface area (Å²) in [6, 6.07) is 4.81. The van der Waals surface area contributed by atoms with E-state index in [4.69, 9.17) is 21.1 Å². The lowest BCUT2D eigenvalue weighted by atomic mass is 10.1. The number of methoxy groups -OCH3 is 2. The van der Waals surface area contributed by atoms with Crippen LogP contribution >= 0.6 is 11.6 Å². The van der Waals surface area contributed by atoms with Crippen LogP contribution < -0.4 is 15.0 Å². The number of H-pyrrole nitrogens is 1. The van der Waals surface area contributed by atoms with E-state index >= 15 is 0 Å². The fourth-order valence-corrected chi connectivity index (χ4v) is 2.75. The van der Waals surface area contributed by atoms with Gasteiger partial charge in [-0.05, 0) is 19.1 Å². The predicted octanol–water partition coefficient (Wildman–Crippen LogP) is 2.16. The van der Waals surface area contributed by atoms with Crippen LogP contribution in [0.5, 0.6) is 11.5 Å². The molecule has 0 aliphatic heterocycles. The average molecular weight is 350 g/mol. The number of benzene rings is 1. The molecule has 0 atom stereocenters. The zero-order valence-electron chi connectivity index (χ0n) is 13.4. The topological polar surface area (TPSA) is 88.9 Å². The minimum Gasteiger partial charge on any atom is -0.493 e. The van der Waals surface area contributed by atoms with Gasteiger partial charge in [0.2, 0.25) is 0 Å². The molecule has 0 saturated heterocycles. The largest absolute Gasteiger partial charge is 0.493 e. The standard InChI is InChI=1S/C16H16ClN3O4/c1-8-15(17)19-20-13(22)6-11(18-16(8)20)9-4-10(7-21)14(24-3)12(5-9)23-2/h4-6,19,21H,7H2,1-3H3. The van der Waals surface area contributed by atoms with Crippen molar-refractivity contribution in [3.05, 3.63) is 44.8 Å². The van der Waals surface area contributed by atoms with Crippen molar-refractivity contribution >= 4 is 17.2 Å². The number of hydrogen-bond acceptors (Lipinski definition) is 5. The van der Waals surface area contributed by atoms with Gasteiger partial charge in [0, 0.05) is 22.8 Å². The number of nitrogens with zero attached hydrogens (tertiary/aromatic N) is 2. The highest BCUT2D eigenvalue weighted by atomic mass is 35.5. The molecule has 2 N–H and O–H groups in total. The lowest BCUT2D eigenvalue weighted by Gasteiger charge is -2.13. The van der Waals surface area contributed by atoms with E-state index in [1.165, 1.54) is 24.8 Å². The number of aromatic amines is 1. The van der Waals surface area contributed by atoms with Gasteiger partial charge in [0.15, 0.2) is 17.1 Å². The fourth-order valence-electron chi connectivity index (χ4n) is 2.58. The van der Waals surface area contributed by atoms with E-state index in [0.29, 0.717) is 44.7 Å². The predicted molar refractivity (Wildman–Crippen MR) is 90.0 cm³/mol. The highest BCUT2D eigenvalue weighted by molar-refractivity contribution is 6.30. The molecule has 0 saturated carbocycles. The Morgan fingerprint density at radius 3 is 2.67 bits per heavy atom. The molecule has 24 heavy (non-hydrogen) atoms. The molecule has 8 heteroatoms. The van der Waals surface area contributed by atoms with Crippen LogP contribution in [0.1, 0.15) is 11.1 Å². The van der Waals surface area contributed by atoms with E-state index in [1.807, 2.05) is 0 Å². The quantitative estimate of drug-likeness (QED) is 0.753. The maximum atomic E-state index is 12.3. The van der Waals surface area contributed by atoms with E-state index < -0.39 is 0 Å². The Morgan fingerprint density at radius 2 is 2.04 bits per heavy atom. The Kier molecular flexibility index (Phi) is 4.21. The number of hydrogen-bond donors (Lipinski definition) is 2. The molecule has 0 fully saturated rings. The number of aromatic nitrogens is 3. The zero-order valence-corrected chi connectivity index (χ0v) is 14.1. The second-order valence-corrected chi connectivity index (χ2v) is 5.60. The number of ether oxygens (including phenoxy) is 2. The zero-order chi connectivity index (χ0) is 17.4. The van der Waals surface area contributed by atoms with Crippen molar-refractivity contribution in [3.8, 4) is 22.8 Å². The van der Waals surface area contributed by atoms with Gasteiger partial charge in [-0.15, -0.1) is 0 Å². The van der Waals surface area contributed by atoms with Crippen LogP contribution in [0.2, 0.25) is 5.15 Å². The van der Waals surface area contributed by atoms with Crippen molar-refractivity contribution < 1.29 is 14.6 Å². The first-order valence-corrected chi connectivity index (χ1v) is 7.52. The molecule has 0 aliphatic rings. The van der Waals surface area contributed by atoms with Crippen LogP contribution in [0, 0.1) is 6.92 Å². The summed E-state index contributed by atoms with van der Waals surface area (Å²) < 4.78 is 11.9. The average Bonchev–Trinajstić information content (AvgIpc) is 2.89. The first-order chi connectivity index (χ1) is 11.5. The molecule has 7 nitrogen and oxygen atoms in total. The Hall–Kier alpha value is -2.51. The maximum Gasteiger partial charge on any atom is 0.273 e. The first-order valence-electron chi connectivity index (χ1n) is 7.14. The fraction of sp³-hybridized carbons (Fsp3) is 0.250. The Bertz CT molecular complexity index is 952. The van der Waals surface area contributed by atoms with Crippen molar-refractivity contribution in [1.82, 2.24) is 14.6 Å². The number of halogens is 1. The number of aryl methyl sites for hydroxylation is 1. The van der Waals surface area contributed by atoms with E-state index in [0.717, 1.165) is 0 Å². The smallest absolute Gasteiger partial charge is 0.273 e. The van der Waals surface area contributed by atoms with Crippen molar-refractivity contribution in [2.75, 3.05) is 14.2 Å². The van der Waals surface area contributed by atoms with Crippen LogP contribution in [0.15, 0.2) is 23.0 Å². The molecule has 2 heterocycles. The van der Waals surface area contributed by atoms with E-state index in [-0.39, 0.29) is 12.2 Å². The third-order valence-electron chi connectivity index (χ3n) is 3.82. The van der Waals surface area contributed by atoms with Gasteiger partial charge in [-0.25, -0.2) is 9.50 Å². The van der Waals surface area contributed by atoms with Gasteiger partial charge in [-0.1, -0.05) is 11.6 Å². The highest BCUT2D eigenvalue weighted by Gasteiger charge is 2.16. The Labute approximate surface area is 142 Å². The molecule has 0 unspecified atom stereocenters. The third kappa shape index (κ3) is 2.51. The molecular formula is C16H16ClN3O4. The molecule has 0 spiro atoms. The third-order valence-corrected chi connectivity index (χ3v) is 4.18. The van der Waals surface area contributed by atoms with Gasteiger partial charge in [0.1, 0.15) is 5.15 Å². The maximum absolute atomic E-state index is 12.3. The first kappa shape index (κ1) is 16.4. The summed E-state index contributed by atoms with van der Waals surface area (Å²) >= 11 is 6.03. The summed E-state index contributed by atoms with van der Waals surface area (Å²) in [4.78, 5) is 16.8. The summed E-state index contributed by atoms with van der Waals surface area (Å²) in [5.41, 5.74) is 2.46. The highest BCUT2D eigenvalue weighted by Crippen LogP contribution is 2.36. The van der Waals surface area contributed by atoms with Crippen molar-refractivity contribution in [3.63, 3.8) is 0 Å². The van der Waals surface area contributed by atoms with Gasteiger partial charge in [0.05, 0.1) is 26.5 Å². The minimum atomic E-state index is -0.287. The summed E-state index contributed by atoms with van der Waals surface area (Å²) in [6.07, 6.45) is 0. The Balaban J connectivity index is 2.27. The number of fused-ring (bicyclic) bond motifs is 1. The van der Waals surface area contributed by atoms with Gasteiger partial charge in [-0.2, -0.15) is 0 Å². The van der Waals surface area contributed by atoms with Crippen LogP contribution in [-0.4, -0.2) is 33.9 Å². The number of aliphatic hydroxyl groups is 1. The van der Waals surface area contributed by atoms with E-state index in [1.54, 1.807) is 19.1 Å². The summed E-state index contributed by atoms with van der Waals surface area (Å²) in [7, 11) is 3.00. The molecular weight excluding hydrogens is 334 g/mol. The second kappa shape index (κ2) is 6.18. The summed E-state index contributed by atoms with van der Waals surface area (Å²) in [6.45, 7) is 1.54. The number of rotatable bonds is 4. The monoisotopic (exact) mass is 349 g/mol. The molecule has 0 radical (unpaired) electrons. The van der Waals surface area contributed by atoms with E-state index in [9.17, 15) is 9.90 Å². The summed E-state index contributed by atoms with van der Waals surface area (Å²) in [5.74, 6) is 0.896. The molecule has 3 rings (SSSR count). The second-order valence-electron chi connectivity index (χ2n) is 5.22. The number of nitrogens with one attached hydrogen (secondary N) is 1. The summed E-state index contributed by atoms with van der Waals surface area (Å²) in [5, 5.41) is 12.7. The normalized spacial score (nSPS) is 11.0. The van der Waals surface area contributed by atoms with Gasteiger partial charge in [-0.3, -0.25) is 9.89 Å². The molecule has 126 valence electrons. The van der Waals surface area contributed by atoms with Crippen LogP contribution in [-0.2, 0) is 6.61 Å². The van der Waals surface area contributed by atoms with Gasteiger partial charge in [0.25, 0.3) is 5.56 Å². The van der Waals surface area contributed by atoms with Crippen LogP contribution in [0.25, 0.3) is 16.9 Å². The molecule has 2 aromatic heterocycles. The number of aliphatic hydroxyl groups excluding tert-OH is 1. The van der Waals surface area contributed by atoms with Crippen molar-refractivity contribution in [2.45, 2.75) is 13.5 Å². The minimum absolute atomic E-state index is 0.233. The molecule has 3 aromatic rings. The van der Waals surface area contributed by atoms with Crippen molar-refractivity contribution in [2.24, 2.45) is 0 Å². The Morgan fingerprint density at radius 1 is 1.29 bits per heavy atom. The SMILES string of the molecule is COc1cc(-c2cc(=O)n3[nH]c(Cl)c(C)c3n2)cc(CO)c1OC. The van der Waals surface area contributed by atoms with Crippen molar-refractivity contribution in [1.29, 1.82) is 0 Å². The van der Waals surface area contributed by atoms with Crippen LogP contribution in [0.4, 0.5) is 0 Å². The molecule has 0 bridgehead atoms.